The van der Waals surface area contributed by atoms with E-state index in [0.717, 1.165) is 45.4 Å². The van der Waals surface area contributed by atoms with Crippen LogP contribution in [-0.2, 0) is 13.6 Å². The van der Waals surface area contributed by atoms with Gasteiger partial charge in [-0.1, -0.05) is 27.7 Å². The largest absolute Gasteiger partial charge is 0.493 e. The highest BCUT2D eigenvalue weighted by atomic mass is 79.9. The molecule has 0 aliphatic carbocycles. The molecule has 1 heterocycles. The van der Waals surface area contributed by atoms with Crippen molar-refractivity contribution in [3.8, 4) is 11.5 Å². The van der Waals surface area contributed by atoms with E-state index >= 15 is 0 Å². The minimum atomic E-state index is 0.0818. The lowest BCUT2D eigenvalue weighted by Gasteiger charge is -2.19. The summed E-state index contributed by atoms with van der Waals surface area (Å²) in [7, 11) is 3.50. The summed E-state index contributed by atoms with van der Waals surface area (Å²) >= 11 is 5.27. The lowest BCUT2D eigenvalue weighted by Crippen LogP contribution is -2.18. The van der Waals surface area contributed by atoms with Crippen molar-refractivity contribution in [3.05, 3.63) is 22.2 Å². The predicted octanol–water partition coefficient (Wildman–Crippen LogP) is 3.04. The number of benzene rings is 1. The molecule has 0 saturated heterocycles. The second-order valence-electron chi connectivity index (χ2n) is 5.69. The van der Waals surface area contributed by atoms with Gasteiger partial charge in [0.15, 0.2) is 11.5 Å². The second kappa shape index (κ2) is 9.98. The first-order valence-corrected chi connectivity index (χ1v) is 9.88. The quantitative estimate of drug-likeness (QED) is 0.459. The number of tetrazole rings is 1. The van der Waals surface area contributed by atoms with Crippen molar-refractivity contribution in [1.82, 2.24) is 25.5 Å². The van der Waals surface area contributed by atoms with Crippen LogP contribution in [0.15, 0.2) is 21.8 Å². The number of hydrogen-bond donors (Lipinski definition) is 1. The fourth-order valence-electron chi connectivity index (χ4n) is 2.19. The van der Waals surface area contributed by atoms with Crippen molar-refractivity contribution in [1.29, 1.82) is 0 Å². The number of rotatable bonds is 10. The number of nitrogens with one attached hydrogen (secondary N) is 1. The summed E-state index contributed by atoms with van der Waals surface area (Å²) in [6.45, 7) is 5.62. The lowest BCUT2D eigenvalue weighted by atomic mass is 10.1. The first kappa shape index (κ1) is 20.0. The Morgan fingerprint density at radius 1 is 1.36 bits per heavy atom. The molecule has 0 saturated carbocycles. The summed E-state index contributed by atoms with van der Waals surface area (Å²) in [5.74, 6) is 2.49. The zero-order valence-corrected chi connectivity index (χ0v) is 17.4. The smallest absolute Gasteiger partial charge is 0.209 e. The van der Waals surface area contributed by atoms with Crippen molar-refractivity contribution in [2.45, 2.75) is 38.1 Å². The average Bonchev–Trinajstić information content (AvgIpc) is 2.98. The van der Waals surface area contributed by atoms with Crippen molar-refractivity contribution in [3.63, 3.8) is 0 Å². The third kappa shape index (κ3) is 5.86. The van der Waals surface area contributed by atoms with Gasteiger partial charge in [-0.3, -0.25) is 0 Å². The molecule has 0 amide bonds. The zero-order valence-electron chi connectivity index (χ0n) is 15.0. The van der Waals surface area contributed by atoms with E-state index < -0.39 is 0 Å². The monoisotopic (exact) mass is 429 g/mol. The molecule has 0 radical (unpaired) electrons. The van der Waals surface area contributed by atoms with Crippen LogP contribution in [0.1, 0.15) is 25.8 Å². The Kier molecular flexibility index (Phi) is 7.98. The van der Waals surface area contributed by atoms with Crippen LogP contribution in [0.4, 0.5) is 0 Å². The molecule has 0 aliphatic rings. The van der Waals surface area contributed by atoms with E-state index in [1.807, 2.05) is 33.0 Å². The number of halogens is 1. The molecule has 25 heavy (non-hydrogen) atoms. The van der Waals surface area contributed by atoms with Gasteiger partial charge >= 0.3 is 0 Å². The molecule has 0 spiro atoms. The van der Waals surface area contributed by atoms with Gasteiger partial charge in [0.05, 0.1) is 13.2 Å². The Morgan fingerprint density at radius 3 is 2.80 bits per heavy atom. The van der Waals surface area contributed by atoms with Crippen molar-refractivity contribution >= 4 is 27.7 Å². The maximum absolute atomic E-state index is 5.96. The molecule has 1 N–H and O–H groups in total. The molecule has 7 nitrogen and oxygen atoms in total. The number of nitrogens with zero attached hydrogens (tertiary/aromatic N) is 4. The number of aryl methyl sites for hydroxylation is 1. The molecule has 2 rings (SSSR count). The molecule has 138 valence electrons. The summed E-state index contributed by atoms with van der Waals surface area (Å²) in [6.07, 6.45) is 1.10. The van der Waals surface area contributed by atoms with Crippen molar-refractivity contribution < 1.29 is 9.47 Å². The van der Waals surface area contributed by atoms with Gasteiger partial charge in [0, 0.05) is 29.4 Å². The Bertz CT molecular complexity index is 681. The summed E-state index contributed by atoms with van der Waals surface area (Å²) in [6, 6.07) is 3.90. The molecule has 0 unspecified atom stereocenters. The van der Waals surface area contributed by atoms with Crippen molar-refractivity contribution in [2.75, 3.05) is 19.4 Å². The standard InChI is InChI=1S/C16H24BrN5O2S/c1-11(2)24-15-12(13(17)6-7-14(15)23-4)10-18-8-5-9-25-16-19-20-21-22(16)3/h6-7,11,18H,5,8-10H2,1-4H3. The van der Waals surface area contributed by atoms with Gasteiger partial charge in [0.2, 0.25) is 5.16 Å². The van der Waals surface area contributed by atoms with Crippen LogP contribution in [-0.4, -0.2) is 45.7 Å². The molecule has 0 bridgehead atoms. The lowest BCUT2D eigenvalue weighted by molar-refractivity contribution is 0.227. The van der Waals surface area contributed by atoms with Gasteiger partial charge in [0.1, 0.15) is 0 Å². The maximum Gasteiger partial charge on any atom is 0.209 e. The van der Waals surface area contributed by atoms with Crippen LogP contribution in [0.5, 0.6) is 11.5 Å². The molecular weight excluding hydrogens is 406 g/mol. The number of thioether (sulfide) groups is 1. The highest BCUT2D eigenvalue weighted by molar-refractivity contribution is 9.10. The first-order chi connectivity index (χ1) is 12.0. The average molecular weight is 430 g/mol. The molecule has 9 heteroatoms. The fraction of sp³-hybridized carbons (Fsp3) is 0.562. The topological polar surface area (TPSA) is 74.1 Å². The van der Waals surface area contributed by atoms with Gasteiger partial charge < -0.3 is 14.8 Å². The third-order valence-corrected chi connectivity index (χ3v) is 5.19. The van der Waals surface area contributed by atoms with E-state index in [1.54, 1.807) is 23.6 Å². The van der Waals surface area contributed by atoms with Gasteiger partial charge in [-0.05, 0) is 49.4 Å². The van der Waals surface area contributed by atoms with E-state index in [1.165, 1.54) is 0 Å². The number of hydrogen-bond acceptors (Lipinski definition) is 7. The van der Waals surface area contributed by atoms with Crippen molar-refractivity contribution in [2.24, 2.45) is 7.05 Å². The fourth-order valence-corrected chi connectivity index (χ4v) is 3.43. The van der Waals surface area contributed by atoms with Gasteiger partial charge in [-0.15, -0.1) is 5.10 Å². The number of ether oxygens (including phenoxy) is 2. The minimum absolute atomic E-state index is 0.0818. The van der Waals surface area contributed by atoms with E-state index in [9.17, 15) is 0 Å². The number of aromatic nitrogens is 4. The SMILES string of the molecule is COc1ccc(Br)c(CNCCCSc2nnnn2C)c1OC(C)C. The number of methoxy groups -OCH3 is 1. The Hall–Kier alpha value is -1.32. The van der Waals surface area contributed by atoms with Crippen LogP contribution < -0.4 is 14.8 Å². The Labute approximate surface area is 161 Å². The third-order valence-electron chi connectivity index (χ3n) is 3.35. The van der Waals surface area contributed by atoms with Crippen LogP contribution in [0, 0.1) is 0 Å². The summed E-state index contributed by atoms with van der Waals surface area (Å²) in [5.41, 5.74) is 1.07. The molecule has 0 atom stereocenters. The highest BCUT2D eigenvalue weighted by Crippen LogP contribution is 2.36. The van der Waals surface area contributed by atoms with Gasteiger partial charge in [-0.2, -0.15) is 0 Å². The molecule has 1 aromatic carbocycles. The molecule has 1 aromatic heterocycles. The molecular formula is C16H24BrN5O2S. The summed E-state index contributed by atoms with van der Waals surface area (Å²) in [4.78, 5) is 0. The van der Waals surface area contributed by atoms with Crippen LogP contribution in [0.2, 0.25) is 0 Å². The van der Waals surface area contributed by atoms with Crippen LogP contribution in [0.3, 0.4) is 0 Å². The van der Waals surface area contributed by atoms with E-state index in [2.05, 4.69) is 36.8 Å². The van der Waals surface area contributed by atoms with Crippen LogP contribution >= 0.6 is 27.7 Å². The van der Waals surface area contributed by atoms with Crippen LogP contribution in [0.25, 0.3) is 0 Å². The normalized spacial score (nSPS) is 11.1. The Morgan fingerprint density at radius 2 is 2.16 bits per heavy atom. The first-order valence-electron chi connectivity index (χ1n) is 8.10. The van der Waals surface area contributed by atoms with E-state index in [4.69, 9.17) is 9.47 Å². The van der Waals surface area contributed by atoms with Gasteiger partial charge in [0.25, 0.3) is 0 Å². The maximum atomic E-state index is 5.96. The Balaban J connectivity index is 1.86. The summed E-state index contributed by atoms with van der Waals surface area (Å²) < 4.78 is 14.1. The summed E-state index contributed by atoms with van der Waals surface area (Å²) in [5, 5.41) is 15.7. The van der Waals surface area contributed by atoms with Gasteiger partial charge in [-0.25, -0.2) is 4.68 Å². The minimum Gasteiger partial charge on any atom is -0.493 e. The van der Waals surface area contributed by atoms with E-state index in [0.29, 0.717) is 6.54 Å². The highest BCUT2D eigenvalue weighted by Gasteiger charge is 2.15. The molecule has 0 fully saturated rings. The molecule has 0 aliphatic heterocycles. The van der Waals surface area contributed by atoms with E-state index in [-0.39, 0.29) is 6.10 Å². The molecule has 2 aromatic rings. The second-order valence-corrected chi connectivity index (χ2v) is 7.60. The zero-order chi connectivity index (χ0) is 18.2. The predicted molar refractivity (Wildman–Crippen MR) is 102 cm³/mol.